The molecule has 0 fully saturated rings. The second-order valence-electron chi connectivity index (χ2n) is 5.18. The molecular formula is C15H16FN3O4. The first kappa shape index (κ1) is 16.6. The van der Waals surface area contributed by atoms with E-state index < -0.39 is 18.4 Å². The molecule has 1 N–H and O–H groups in total. The van der Waals surface area contributed by atoms with Gasteiger partial charge in [-0.15, -0.1) is 0 Å². The molecule has 0 spiro atoms. The molecule has 0 saturated heterocycles. The van der Waals surface area contributed by atoms with Gasteiger partial charge in [0.2, 0.25) is 5.91 Å². The fourth-order valence-electron chi connectivity index (χ4n) is 2.14. The van der Waals surface area contributed by atoms with Crippen LogP contribution in [0, 0.1) is 5.82 Å². The van der Waals surface area contributed by atoms with E-state index in [9.17, 15) is 18.8 Å². The van der Waals surface area contributed by atoms with Gasteiger partial charge in [-0.05, 0) is 17.7 Å². The number of carboxylic acids is 1. The van der Waals surface area contributed by atoms with Crippen molar-refractivity contribution in [3.63, 3.8) is 0 Å². The molecule has 0 bridgehead atoms. The van der Waals surface area contributed by atoms with Crippen LogP contribution in [-0.2, 0) is 20.9 Å². The van der Waals surface area contributed by atoms with Crippen molar-refractivity contribution in [2.45, 2.75) is 19.4 Å². The van der Waals surface area contributed by atoms with Crippen LogP contribution in [0.15, 0.2) is 29.4 Å². The number of halogens is 1. The fraction of sp³-hybridized carbons (Fsp3) is 0.333. The Labute approximate surface area is 132 Å². The monoisotopic (exact) mass is 321 g/mol. The summed E-state index contributed by atoms with van der Waals surface area (Å²) in [6.45, 7) is -0.317. The third-order valence-electron chi connectivity index (χ3n) is 3.32. The summed E-state index contributed by atoms with van der Waals surface area (Å²) < 4.78 is 12.9. The summed E-state index contributed by atoms with van der Waals surface area (Å²) in [6, 6.07) is 5.62. The number of likely N-dealkylation sites (N-methyl/N-ethyl adjacent to an activating group) is 1. The molecule has 2 rings (SSSR count). The van der Waals surface area contributed by atoms with Crippen molar-refractivity contribution < 1.29 is 23.9 Å². The van der Waals surface area contributed by atoms with Crippen molar-refractivity contribution in [2.24, 2.45) is 5.10 Å². The molecule has 0 unspecified atom stereocenters. The van der Waals surface area contributed by atoms with Crippen LogP contribution >= 0.6 is 0 Å². The maximum atomic E-state index is 12.9. The largest absolute Gasteiger partial charge is 0.480 e. The van der Waals surface area contributed by atoms with Crippen molar-refractivity contribution in [1.29, 1.82) is 0 Å². The summed E-state index contributed by atoms with van der Waals surface area (Å²) in [5, 5.41) is 13.9. The number of aliphatic carboxylic acids is 1. The van der Waals surface area contributed by atoms with E-state index in [4.69, 9.17) is 5.11 Å². The van der Waals surface area contributed by atoms with E-state index in [-0.39, 0.29) is 36.8 Å². The molecule has 8 heteroatoms. The number of carbonyl (C=O) groups is 3. The number of hydrogen-bond acceptors (Lipinski definition) is 4. The minimum absolute atomic E-state index is 0.118. The van der Waals surface area contributed by atoms with Crippen LogP contribution in [-0.4, -0.2) is 52.1 Å². The van der Waals surface area contributed by atoms with Gasteiger partial charge in [-0.1, -0.05) is 12.1 Å². The normalized spacial score (nSPS) is 14.4. The number of carboxylic acid groups (broad SMARTS) is 1. The van der Waals surface area contributed by atoms with Gasteiger partial charge in [0.15, 0.2) is 0 Å². The van der Waals surface area contributed by atoms with Gasteiger partial charge < -0.3 is 10.0 Å². The van der Waals surface area contributed by atoms with Crippen LogP contribution in [0.3, 0.4) is 0 Å². The molecule has 0 atom stereocenters. The Morgan fingerprint density at radius 2 is 1.96 bits per heavy atom. The molecule has 0 saturated carbocycles. The van der Waals surface area contributed by atoms with Crippen molar-refractivity contribution in [2.75, 3.05) is 13.6 Å². The molecule has 1 aliphatic heterocycles. The highest BCUT2D eigenvalue weighted by Crippen LogP contribution is 2.15. The van der Waals surface area contributed by atoms with E-state index in [1.54, 1.807) is 0 Å². The molecule has 1 aliphatic rings. The minimum Gasteiger partial charge on any atom is -0.480 e. The second-order valence-corrected chi connectivity index (χ2v) is 5.18. The SMILES string of the molecule is CN(CC(=O)O)C(=O)C1=NN(Cc2ccc(F)cc2)C(=O)CC1. The van der Waals surface area contributed by atoms with Gasteiger partial charge in [-0.2, -0.15) is 5.10 Å². The molecule has 1 aromatic rings. The quantitative estimate of drug-likeness (QED) is 0.870. The Morgan fingerprint density at radius 1 is 1.30 bits per heavy atom. The van der Waals surface area contributed by atoms with Crippen molar-refractivity contribution >= 4 is 23.5 Å². The van der Waals surface area contributed by atoms with Gasteiger partial charge in [-0.3, -0.25) is 14.4 Å². The summed E-state index contributed by atoms with van der Waals surface area (Å²) in [6.07, 6.45) is 0.286. The first-order valence-corrected chi connectivity index (χ1v) is 6.96. The minimum atomic E-state index is -1.13. The van der Waals surface area contributed by atoms with Gasteiger partial charge >= 0.3 is 5.97 Å². The molecule has 122 valence electrons. The molecule has 23 heavy (non-hydrogen) atoms. The highest BCUT2D eigenvalue weighted by Gasteiger charge is 2.27. The number of hydrazone groups is 1. The zero-order valence-corrected chi connectivity index (χ0v) is 12.5. The third-order valence-corrected chi connectivity index (χ3v) is 3.32. The van der Waals surface area contributed by atoms with Gasteiger partial charge in [0.1, 0.15) is 18.1 Å². The first-order valence-electron chi connectivity index (χ1n) is 6.96. The summed E-state index contributed by atoms with van der Waals surface area (Å²) in [7, 11) is 1.36. The van der Waals surface area contributed by atoms with Crippen LogP contribution < -0.4 is 0 Å². The topological polar surface area (TPSA) is 90.3 Å². The lowest BCUT2D eigenvalue weighted by Crippen LogP contribution is -2.41. The van der Waals surface area contributed by atoms with Crippen LogP contribution in [0.4, 0.5) is 4.39 Å². The maximum Gasteiger partial charge on any atom is 0.323 e. The zero-order chi connectivity index (χ0) is 17.0. The standard InChI is InChI=1S/C15H16FN3O4/c1-18(9-14(21)22)15(23)12-6-7-13(20)19(17-12)8-10-2-4-11(16)5-3-10/h2-5H,6-9H2,1H3,(H,21,22). The average Bonchev–Trinajstić information content (AvgIpc) is 2.50. The smallest absolute Gasteiger partial charge is 0.323 e. The predicted octanol–water partition coefficient (Wildman–Crippen LogP) is 0.847. The average molecular weight is 321 g/mol. The number of rotatable bonds is 5. The van der Waals surface area contributed by atoms with E-state index in [0.29, 0.717) is 5.56 Å². The second kappa shape index (κ2) is 6.99. The number of benzene rings is 1. The van der Waals surface area contributed by atoms with E-state index in [0.717, 1.165) is 9.91 Å². The Bertz CT molecular complexity index is 657. The van der Waals surface area contributed by atoms with E-state index in [2.05, 4.69) is 5.10 Å². The number of carbonyl (C=O) groups excluding carboxylic acids is 2. The fourth-order valence-corrected chi connectivity index (χ4v) is 2.14. The van der Waals surface area contributed by atoms with Crippen LogP contribution in [0.1, 0.15) is 18.4 Å². The lowest BCUT2D eigenvalue weighted by Gasteiger charge is -2.25. The van der Waals surface area contributed by atoms with E-state index >= 15 is 0 Å². The van der Waals surface area contributed by atoms with Crippen LogP contribution in [0.5, 0.6) is 0 Å². The highest BCUT2D eigenvalue weighted by molar-refractivity contribution is 6.39. The van der Waals surface area contributed by atoms with Crippen molar-refractivity contribution in [3.8, 4) is 0 Å². The zero-order valence-electron chi connectivity index (χ0n) is 12.5. The maximum absolute atomic E-state index is 12.9. The summed E-state index contributed by atoms with van der Waals surface area (Å²) >= 11 is 0. The lowest BCUT2D eigenvalue weighted by atomic mass is 10.1. The number of hydrogen-bond donors (Lipinski definition) is 1. The molecule has 0 aromatic heterocycles. The van der Waals surface area contributed by atoms with Crippen LogP contribution in [0.2, 0.25) is 0 Å². The molecular weight excluding hydrogens is 305 g/mol. The molecule has 0 aliphatic carbocycles. The van der Waals surface area contributed by atoms with Gasteiger partial charge in [0.05, 0.1) is 6.54 Å². The highest BCUT2D eigenvalue weighted by atomic mass is 19.1. The first-order chi connectivity index (χ1) is 10.9. The Morgan fingerprint density at radius 3 is 2.57 bits per heavy atom. The Hall–Kier alpha value is -2.77. The number of amides is 2. The lowest BCUT2D eigenvalue weighted by molar-refractivity contribution is -0.141. The Balaban J connectivity index is 2.12. The van der Waals surface area contributed by atoms with E-state index in [1.807, 2.05) is 0 Å². The third kappa shape index (κ3) is 4.35. The van der Waals surface area contributed by atoms with Crippen LogP contribution in [0.25, 0.3) is 0 Å². The summed E-state index contributed by atoms with van der Waals surface area (Å²) in [5.41, 5.74) is 0.812. The molecule has 1 heterocycles. The summed E-state index contributed by atoms with van der Waals surface area (Å²) in [5.74, 6) is -2.28. The Kier molecular flexibility index (Phi) is 5.05. The molecule has 2 amide bonds. The van der Waals surface area contributed by atoms with Gasteiger partial charge in [-0.25, -0.2) is 9.40 Å². The predicted molar refractivity (Wildman–Crippen MR) is 78.9 cm³/mol. The van der Waals surface area contributed by atoms with Crippen molar-refractivity contribution in [3.05, 3.63) is 35.6 Å². The van der Waals surface area contributed by atoms with Crippen molar-refractivity contribution in [1.82, 2.24) is 9.91 Å². The molecule has 7 nitrogen and oxygen atoms in total. The molecule has 1 aromatic carbocycles. The van der Waals surface area contributed by atoms with Gasteiger partial charge in [0, 0.05) is 19.9 Å². The summed E-state index contributed by atoms with van der Waals surface area (Å²) in [4.78, 5) is 35.7. The van der Waals surface area contributed by atoms with Gasteiger partial charge in [0.25, 0.3) is 5.91 Å². The number of nitrogens with zero attached hydrogens (tertiary/aromatic N) is 3. The molecule has 0 radical (unpaired) electrons. The van der Waals surface area contributed by atoms with E-state index in [1.165, 1.54) is 31.3 Å².